The van der Waals surface area contributed by atoms with Gasteiger partial charge < -0.3 is 15.3 Å². The van der Waals surface area contributed by atoms with Crippen LogP contribution in [0.25, 0.3) is 0 Å². The van der Waals surface area contributed by atoms with Crippen molar-refractivity contribution in [1.82, 2.24) is 0 Å². The van der Waals surface area contributed by atoms with E-state index in [0.717, 1.165) is 5.92 Å². The van der Waals surface area contributed by atoms with Crippen LogP contribution >= 0.6 is 0 Å². The van der Waals surface area contributed by atoms with E-state index in [1.807, 2.05) is 0 Å². The molecule has 0 aliphatic heterocycles. The second kappa shape index (κ2) is 21.1. The van der Waals surface area contributed by atoms with Crippen LogP contribution in [0, 0.1) is 0 Å². The van der Waals surface area contributed by atoms with Gasteiger partial charge >= 0.3 is 0 Å². The third-order valence-corrected chi connectivity index (χ3v) is 1.87. The van der Waals surface area contributed by atoms with Gasteiger partial charge in [0.15, 0.2) is 0 Å². The van der Waals surface area contributed by atoms with Crippen molar-refractivity contribution in [3.8, 4) is 0 Å². The summed E-state index contributed by atoms with van der Waals surface area (Å²) in [6.45, 7) is 14.8. The molecule has 3 nitrogen and oxygen atoms in total. The second-order valence-electron chi connectivity index (χ2n) is 5.81. The molecule has 0 aliphatic rings. The van der Waals surface area contributed by atoms with Crippen LogP contribution in [-0.4, -0.2) is 33.6 Å². The number of hydrogen-bond acceptors (Lipinski definition) is 3. The Hall–Kier alpha value is 0.113. The summed E-state index contributed by atoms with van der Waals surface area (Å²) in [5.74, 6) is 0.736. The summed E-state index contributed by atoms with van der Waals surface area (Å²) in [4.78, 5) is 0. The molecule has 0 spiro atoms. The monoisotopic (exact) mass is 391 g/mol. The first-order chi connectivity index (χ1) is 9.54. The maximum Gasteiger partial charge on any atom is 0.0483 e. The smallest absolute Gasteiger partial charge is 0.0483 e. The maximum absolute atomic E-state index is 8.06. The van der Waals surface area contributed by atoms with Crippen molar-refractivity contribution in [3.05, 3.63) is 29.8 Å². The van der Waals surface area contributed by atoms with E-state index >= 15 is 0 Å². The van der Waals surface area contributed by atoms with Gasteiger partial charge in [0.2, 0.25) is 0 Å². The molecular formula is C18H37O3Zr-. The first-order valence-electron chi connectivity index (χ1n) is 7.80. The summed E-state index contributed by atoms with van der Waals surface area (Å²) < 4.78 is 0. The predicted octanol–water partition coefficient (Wildman–Crippen LogP) is 4.08. The van der Waals surface area contributed by atoms with Gasteiger partial charge in [-0.3, -0.25) is 0 Å². The summed E-state index contributed by atoms with van der Waals surface area (Å²) in [6.07, 6.45) is 0.740. The van der Waals surface area contributed by atoms with Crippen molar-refractivity contribution in [1.29, 1.82) is 0 Å². The molecule has 0 aliphatic carbocycles. The molecule has 0 radical (unpaired) electrons. The van der Waals surface area contributed by atoms with Crippen molar-refractivity contribution in [2.45, 2.75) is 86.0 Å². The minimum atomic E-state index is -0.167. The van der Waals surface area contributed by atoms with Gasteiger partial charge in [-0.1, -0.05) is 26.2 Å². The molecule has 1 aromatic rings. The third-order valence-electron chi connectivity index (χ3n) is 1.87. The SMILES string of the molecule is CC(C)O.CC(C)O.CC(C)O.CCC(C)[c-]1cccc1.[Zr]. The van der Waals surface area contributed by atoms with Gasteiger partial charge in [0.1, 0.15) is 0 Å². The summed E-state index contributed by atoms with van der Waals surface area (Å²) in [5, 5.41) is 24.2. The number of rotatable bonds is 2. The minimum Gasteiger partial charge on any atom is -0.394 e. The van der Waals surface area contributed by atoms with E-state index in [1.54, 1.807) is 41.5 Å². The van der Waals surface area contributed by atoms with Crippen LogP contribution in [0.1, 0.15) is 73.3 Å². The van der Waals surface area contributed by atoms with Crippen molar-refractivity contribution >= 4 is 0 Å². The van der Waals surface area contributed by atoms with Crippen LogP contribution in [-0.2, 0) is 26.2 Å². The van der Waals surface area contributed by atoms with Crippen LogP contribution in [0.15, 0.2) is 24.3 Å². The van der Waals surface area contributed by atoms with E-state index in [4.69, 9.17) is 15.3 Å². The van der Waals surface area contributed by atoms with Crippen LogP contribution in [0.4, 0.5) is 0 Å². The van der Waals surface area contributed by atoms with E-state index in [-0.39, 0.29) is 44.5 Å². The zero-order chi connectivity index (χ0) is 17.4. The Morgan fingerprint density at radius 3 is 1.14 bits per heavy atom. The zero-order valence-corrected chi connectivity index (χ0v) is 18.1. The molecule has 22 heavy (non-hydrogen) atoms. The molecule has 0 bridgehead atoms. The molecule has 0 saturated heterocycles. The van der Waals surface area contributed by atoms with Crippen LogP contribution in [0.3, 0.4) is 0 Å². The first kappa shape index (κ1) is 30.0. The molecule has 0 aromatic heterocycles. The summed E-state index contributed by atoms with van der Waals surface area (Å²) in [6, 6.07) is 8.57. The standard InChI is InChI=1S/C9H13.3C3H8O.Zr/c1-3-8(2)9-6-4-5-7-9;3*1-3(2)4;/h4-8H,3H2,1-2H3;3*3-4H,1-2H3;/q-1;;;;. The van der Waals surface area contributed by atoms with E-state index < -0.39 is 0 Å². The fourth-order valence-corrected chi connectivity index (χ4v) is 0.953. The van der Waals surface area contributed by atoms with Crippen molar-refractivity contribution in [2.75, 3.05) is 0 Å². The van der Waals surface area contributed by atoms with Gasteiger partial charge in [-0.2, -0.15) is 17.7 Å². The molecule has 0 saturated carbocycles. The Balaban J connectivity index is -0.000000107. The Kier molecular flexibility index (Phi) is 28.8. The molecule has 3 N–H and O–H groups in total. The van der Waals surface area contributed by atoms with E-state index in [0.29, 0.717) is 0 Å². The maximum atomic E-state index is 8.06. The zero-order valence-electron chi connectivity index (χ0n) is 15.7. The largest absolute Gasteiger partial charge is 0.394 e. The summed E-state index contributed by atoms with van der Waals surface area (Å²) in [5.41, 5.74) is 1.47. The van der Waals surface area contributed by atoms with Crippen molar-refractivity contribution in [3.63, 3.8) is 0 Å². The Morgan fingerprint density at radius 1 is 0.727 bits per heavy atom. The summed E-state index contributed by atoms with van der Waals surface area (Å²) >= 11 is 0. The average molecular weight is 393 g/mol. The molecule has 1 rings (SSSR count). The van der Waals surface area contributed by atoms with Gasteiger partial charge in [-0.15, -0.1) is 0 Å². The molecule has 1 unspecified atom stereocenters. The molecule has 0 fully saturated rings. The van der Waals surface area contributed by atoms with Gasteiger partial charge in [0.05, 0.1) is 0 Å². The normalized spacial score (nSPS) is 10.5. The van der Waals surface area contributed by atoms with Gasteiger partial charge in [0, 0.05) is 44.5 Å². The van der Waals surface area contributed by atoms with Gasteiger partial charge in [-0.05, 0) is 41.5 Å². The Labute approximate surface area is 157 Å². The fraction of sp³-hybridized carbons (Fsp3) is 0.722. The molecule has 1 atom stereocenters. The molecular weight excluding hydrogens is 355 g/mol. The summed E-state index contributed by atoms with van der Waals surface area (Å²) in [7, 11) is 0. The molecule has 132 valence electrons. The van der Waals surface area contributed by atoms with Crippen molar-refractivity contribution in [2.24, 2.45) is 0 Å². The Bertz CT molecular complexity index is 247. The number of aliphatic hydroxyl groups excluding tert-OH is 3. The molecule has 0 heterocycles. The number of hydrogen-bond donors (Lipinski definition) is 3. The average Bonchev–Trinajstić information content (AvgIpc) is 2.79. The first-order valence-corrected chi connectivity index (χ1v) is 7.80. The fourth-order valence-electron chi connectivity index (χ4n) is 0.953. The quantitative estimate of drug-likeness (QED) is 0.665. The van der Waals surface area contributed by atoms with Crippen LogP contribution < -0.4 is 0 Å². The van der Waals surface area contributed by atoms with Gasteiger partial charge in [0.25, 0.3) is 0 Å². The van der Waals surface area contributed by atoms with Crippen LogP contribution in [0.5, 0.6) is 0 Å². The van der Waals surface area contributed by atoms with E-state index in [9.17, 15) is 0 Å². The predicted molar refractivity (Wildman–Crippen MR) is 92.8 cm³/mol. The molecule has 4 heteroatoms. The minimum absolute atomic E-state index is 0. The molecule has 0 amide bonds. The van der Waals surface area contributed by atoms with Crippen molar-refractivity contribution < 1.29 is 41.5 Å². The molecule has 1 aromatic carbocycles. The topological polar surface area (TPSA) is 60.7 Å². The second-order valence-corrected chi connectivity index (χ2v) is 5.81. The third kappa shape index (κ3) is 42.7. The van der Waals surface area contributed by atoms with E-state index in [2.05, 4.69) is 38.1 Å². The van der Waals surface area contributed by atoms with Gasteiger partial charge in [-0.25, -0.2) is 12.1 Å². The van der Waals surface area contributed by atoms with E-state index in [1.165, 1.54) is 12.0 Å². The van der Waals surface area contributed by atoms with Crippen LogP contribution in [0.2, 0.25) is 0 Å². The number of aliphatic hydroxyl groups is 3. The Morgan fingerprint density at radius 2 is 0.955 bits per heavy atom.